The summed E-state index contributed by atoms with van der Waals surface area (Å²) < 4.78 is 26.2. The highest BCUT2D eigenvalue weighted by atomic mass is 19.2. The Hall–Kier alpha value is -1.98. The van der Waals surface area contributed by atoms with Gasteiger partial charge in [-0.05, 0) is 24.6 Å². The number of hydrogen-bond donors (Lipinski definition) is 1. The van der Waals surface area contributed by atoms with Gasteiger partial charge in [0.1, 0.15) is 0 Å². The fourth-order valence-corrected chi connectivity index (χ4v) is 1.94. The molecule has 0 aromatic heterocycles. The van der Waals surface area contributed by atoms with Crippen LogP contribution in [0.1, 0.15) is 45.7 Å². The first-order valence-corrected chi connectivity index (χ1v) is 7.53. The lowest BCUT2D eigenvalue weighted by Gasteiger charge is -2.26. The second-order valence-corrected chi connectivity index (χ2v) is 6.61. The highest BCUT2D eigenvalue weighted by Gasteiger charge is 2.22. The Labute approximate surface area is 135 Å². The number of carbonyl (C=O) groups excluding carboxylic acids is 2. The van der Waals surface area contributed by atoms with Crippen molar-refractivity contribution in [3.8, 4) is 0 Å². The van der Waals surface area contributed by atoms with Crippen LogP contribution in [0.25, 0.3) is 0 Å². The SMILES string of the molecule is CC(c1ccc(F)c(F)c1)N(C)C(=O)CCNC(=O)C(C)(C)C. The molecule has 2 amide bonds. The number of nitrogens with zero attached hydrogens (tertiary/aromatic N) is 1. The van der Waals surface area contributed by atoms with Gasteiger partial charge in [0, 0.05) is 25.4 Å². The number of benzene rings is 1. The Balaban J connectivity index is 2.59. The number of hydrogen-bond acceptors (Lipinski definition) is 2. The Bertz CT molecular complexity index is 582. The molecule has 0 heterocycles. The number of halogens is 2. The first-order valence-electron chi connectivity index (χ1n) is 7.53. The topological polar surface area (TPSA) is 49.4 Å². The van der Waals surface area contributed by atoms with Crippen LogP contribution in [0.2, 0.25) is 0 Å². The average molecular weight is 326 g/mol. The molecule has 0 fully saturated rings. The van der Waals surface area contributed by atoms with Gasteiger partial charge in [-0.1, -0.05) is 26.8 Å². The predicted molar refractivity (Wildman–Crippen MR) is 84.6 cm³/mol. The molecular weight excluding hydrogens is 302 g/mol. The van der Waals surface area contributed by atoms with Crippen LogP contribution in [0.4, 0.5) is 8.78 Å². The zero-order valence-electron chi connectivity index (χ0n) is 14.2. The summed E-state index contributed by atoms with van der Waals surface area (Å²) in [6, 6.07) is 3.19. The Morgan fingerprint density at radius 3 is 2.35 bits per heavy atom. The Morgan fingerprint density at radius 1 is 1.22 bits per heavy atom. The summed E-state index contributed by atoms with van der Waals surface area (Å²) in [7, 11) is 1.60. The summed E-state index contributed by atoms with van der Waals surface area (Å²) >= 11 is 0. The monoisotopic (exact) mass is 326 g/mol. The minimum atomic E-state index is -0.937. The van der Waals surface area contributed by atoms with E-state index < -0.39 is 23.1 Å². The summed E-state index contributed by atoms with van der Waals surface area (Å²) in [5.74, 6) is -2.16. The van der Waals surface area contributed by atoms with Gasteiger partial charge in [-0.3, -0.25) is 9.59 Å². The second-order valence-electron chi connectivity index (χ2n) is 6.61. The summed E-state index contributed by atoms with van der Waals surface area (Å²) in [6.45, 7) is 7.35. The van der Waals surface area contributed by atoms with E-state index in [1.807, 2.05) is 0 Å². The van der Waals surface area contributed by atoms with E-state index >= 15 is 0 Å². The van der Waals surface area contributed by atoms with E-state index in [4.69, 9.17) is 0 Å². The molecule has 1 N–H and O–H groups in total. The van der Waals surface area contributed by atoms with Crippen molar-refractivity contribution in [2.75, 3.05) is 13.6 Å². The van der Waals surface area contributed by atoms with Gasteiger partial charge in [-0.25, -0.2) is 8.78 Å². The van der Waals surface area contributed by atoms with E-state index in [-0.39, 0.29) is 24.8 Å². The summed E-state index contributed by atoms with van der Waals surface area (Å²) in [6.07, 6.45) is 0.145. The molecule has 1 atom stereocenters. The van der Waals surface area contributed by atoms with Gasteiger partial charge in [0.25, 0.3) is 0 Å². The average Bonchev–Trinajstić information content (AvgIpc) is 2.47. The van der Waals surface area contributed by atoms with Crippen molar-refractivity contribution in [2.24, 2.45) is 5.41 Å². The third-order valence-electron chi connectivity index (χ3n) is 3.71. The minimum Gasteiger partial charge on any atom is -0.355 e. The molecule has 0 saturated carbocycles. The van der Waals surface area contributed by atoms with Gasteiger partial charge >= 0.3 is 0 Å². The van der Waals surface area contributed by atoms with E-state index in [1.165, 1.54) is 11.0 Å². The number of amides is 2. The fourth-order valence-electron chi connectivity index (χ4n) is 1.94. The van der Waals surface area contributed by atoms with Crippen molar-refractivity contribution in [1.29, 1.82) is 0 Å². The molecule has 0 spiro atoms. The van der Waals surface area contributed by atoms with Crippen molar-refractivity contribution in [1.82, 2.24) is 10.2 Å². The zero-order chi connectivity index (χ0) is 17.8. The van der Waals surface area contributed by atoms with E-state index in [0.29, 0.717) is 5.56 Å². The highest BCUT2D eigenvalue weighted by Crippen LogP contribution is 2.21. The molecule has 1 unspecified atom stereocenters. The maximum Gasteiger partial charge on any atom is 0.225 e. The molecule has 128 valence electrons. The number of carbonyl (C=O) groups is 2. The maximum absolute atomic E-state index is 13.3. The molecule has 0 saturated heterocycles. The molecule has 4 nitrogen and oxygen atoms in total. The van der Waals surface area contributed by atoms with Gasteiger partial charge < -0.3 is 10.2 Å². The first kappa shape index (κ1) is 19.1. The highest BCUT2D eigenvalue weighted by molar-refractivity contribution is 5.82. The van der Waals surface area contributed by atoms with Gasteiger partial charge in [0.05, 0.1) is 6.04 Å². The number of rotatable bonds is 5. The normalized spacial score (nSPS) is 12.7. The summed E-state index contributed by atoms with van der Waals surface area (Å²) in [4.78, 5) is 25.3. The first-order chi connectivity index (χ1) is 10.5. The van der Waals surface area contributed by atoms with E-state index in [0.717, 1.165) is 12.1 Å². The predicted octanol–water partition coefficient (Wildman–Crippen LogP) is 3.04. The lowest BCUT2D eigenvalue weighted by Crippen LogP contribution is -2.38. The molecular formula is C17H24F2N2O2. The van der Waals surface area contributed by atoms with Crippen LogP contribution in [0, 0.1) is 17.0 Å². The Morgan fingerprint density at radius 2 is 1.83 bits per heavy atom. The van der Waals surface area contributed by atoms with Crippen LogP contribution in [0.15, 0.2) is 18.2 Å². The molecule has 0 aliphatic rings. The van der Waals surface area contributed by atoms with Gasteiger partial charge in [0.2, 0.25) is 11.8 Å². The minimum absolute atomic E-state index is 0.124. The van der Waals surface area contributed by atoms with Gasteiger partial charge in [0.15, 0.2) is 11.6 Å². The fraction of sp³-hybridized carbons (Fsp3) is 0.529. The molecule has 6 heteroatoms. The van der Waals surface area contributed by atoms with Crippen molar-refractivity contribution in [3.05, 3.63) is 35.4 Å². The molecule has 0 bridgehead atoms. The largest absolute Gasteiger partial charge is 0.355 e. The molecule has 23 heavy (non-hydrogen) atoms. The summed E-state index contributed by atoms with van der Waals surface area (Å²) in [5, 5.41) is 2.71. The Kier molecular flexibility index (Phi) is 6.24. The van der Waals surface area contributed by atoms with Gasteiger partial charge in [-0.2, -0.15) is 0 Å². The van der Waals surface area contributed by atoms with Crippen molar-refractivity contribution < 1.29 is 18.4 Å². The number of nitrogens with one attached hydrogen (secondary N) is 1. The third kappa shape index (κ3) is 5.30. The smallest absolute Gasteiger partial charge is 0.225 e. The van der Waals surface area contributed by atoms with Crippen molar-refractivity contribution in [2.45, 2.75) is 40.2 Å². The molecule has 0 radical (unpaired) electrons. The zero-order valence-corrected chi connectivity index (χ0v) is 14.2. The van der Waals surface area contributed by atoms with Crippen LogP contribution in [0.5, 0.6) is 0 Å². The van der Waals surface area contributed by atoms with Crippen LogP contribution in [0.3, 0.4) is 0 Å². The van der Waals surface area contributed by atoms with Gasteiger partial charge in [-0.15, -0.1) is 0 Å². The molecule has 1 aromatic rings. The van der Waals surface area contributed by atoms with E-state index in [9.17, 15) is 18.4 Å². The molecule has 1 aromatic carbocycles. The molecule has 0 aliphatic heterocycles. The standard InChI is InChI=1S/C17H24F2N2O2/c1-11(12-6-7-13(18)14(19)10-12)21(5)15(22)8-9-20-16(23)17(2,3)4/h6-7,10-11H,8-9H2,1-5H3,(H,20,23). The maximum atomic E-state index is 13.3. The van der Waals surface area contributed by atoms with Crippen LogP contribution >= 0.6 is 0 Å². The lowest BCUT2D eigenvalue weighted by molar-refractivity contribution is -0.132. The van der Waals surface area contributed by atoms with E-state index in [2.05, 4.69) is 5.32 Å². The lowest BCUT2D eigenvalue weighted by atomic mass is 9.96. The quantitative estimate of drug-likeness (QED) is 0.904. The van der Waals surface area contributed by atoms with Crippen LogP contribution in [-0.4, -0.2) is 30.3 Å². The van der Waals surface area contributed by atoms with Crippen LogP contribution < -0.4 is 5.32 Å². The van der Waals surface area contributed by atoms with Crippen molar-refractivity contribution in [3.63, 3.8) is 0 Å². The second kappa shape index (κ2) is 7.53. The molecule has 0 aliphatic carbocycles. The van der Waals surface area contributed by atoms with E-state index in [1.54, 1.807) is 34.7 Å². The summed E-state index contributed by atoms with van der Waals surface area (Å²) in [5.41, 5.74) is 0.00641. The van der Waals surface area contributed by atoms with Crippen LogP contribution in [-0.2, 0) is 9.59 Å². The molecule has 1 rings (SSSR count). The van der Waals surface area contributed by atoms with Crippen molar-refractivity contribution >= 4 is 11.8 Å². The third-order valence-corrected chi connectivity index (χ3v) is 3.71.